The van der Waals surface area contributed by atoms with Gasteiger partial charge in [0.25, 0.3) is 0 Å². The van der Waals surface area contributed by atoms with E-state index in [1.165, 1.54) is 5.56 Å². The van der Waals surface area contributed by atoms with Crippen LogP contribution in [-0.2, 0) is 0 Å². The summed E-state index contributed by atoms with van der Waals surface area (Å²) in [7, 11) is 0. The third kappa shape index (κ3) is 4.63. The van der Waals surface area contributed by atoms with Crippen molar-refractivity contribution in [1.82, 2.24) is 0 Å². The Morgan fingerprint density at radius 2 is 1.64 bits per heavy atom. The highest BCUT2D eigenvalue weighted by molar-refractivity contribution is 9.10. The van der Waals surface area contributed by atoms with Crippen LogP contribution in [0.1, 0.15) is 5.56 Å². The van der Waals surface area contributed by atoms with Crippen molar-refractivity contribution in [3.8, 4) is 0 Å². The van der Waals surface area contributed by atoms with E-state index < -0.39 is 0 Å². The Morgan fingerprint density at radius 3 is 1.93 bits per heavy atom. The zero-order valence-electron chi connectivity index (χ0n) is 7.71. The summed E-state index contributed by atoms with van der Waals surface area (Å²) in [6, 6.07) is 11.9. The topological polar surface area (TPSA) is 13.1 Å². The first-order valence-corrected chi connectivity index (χ1v) is 5.68. The summed E-state index contributed by atoms with van der Waals surface area (Å²) < 4.78 is 6.67. The summed E-state index contributed by atoms with van der Waals surface area (Å²) in [6.45, 7) is 2.08. The van der Waals surface area contributed by atoms with Gasteiger partial charge in [0.15, 0.2) is 4.67 Å². The number of halogens is 2. The van der Waals surface area contributed by atoms with Gasteiger partial charge >= 0.3 is 0 Å². The molecule has 0 aliphatic rings. The maximum Gasteiger partial charge on any atom is 0.168 e. The van der Waals surface area contributed by atoms with Gasteiger partial charge in [0.1, 0.15) is 0 Å². The standard InChI is InChI=1S/C7H7Br.C4H3BrO/c1-6-2-4-7(8)5-3-6;5-4-2-1-3-6-4/h2-5H,1H3;1-3H. The largest absolute Gasteiger partial charge is 0.458 e. The molecule has 1 aromatic carbocycles. The molecule has 0 saturated heterocycles. The Labute approximate surface area is 100 Å². The van der Waals surface area contributed by atoms with Crippen LogP contribution in [0.4, 0.5) is 0 Å². The second-order valence-electron chi connectivity index (χ2n) is 2.71. The predicted molar refractivity (Wildman–Crippen MR) is 65.3 cm³/mol. The molecule has 0 saturated carbocycles. The summed E-state index contributed by atoms with van der Waals surface area (Å²) in [4.78, 5) is 0. The molecule has 0 aliphatic carbocycles. The molecule has 0 aliphatic heterocycles. The molecule has 0 unspecified atom stereocenters. The molecule has 14 heavy (non-hydrogen) atoms. The maximum absolute atomic E-state index is 4.75. The molecule has 2 aromatic rings. The summed E-state index contributed by atoms with van der Waals surface area (Å²) in [6.07, 6.45) is 1.62. The van der Waals surface area contributed by atoms with Gasteiger partial charge in [-0.15, -0.1) is 0 Å². The highest BCUT2D eigenvalue weighted by atomic mass is 79.9. The van der Waals surface area contributed by atoms with Crippen LogP contribution >= 0.6 is 31.9 Å². The fourth-order valence-electron chi connectivity index (χ4n) is 0.792. The van der Waals surface area contributed by atoms with Gasteiger partial charge in [0.2, 0.25) is 0 Å². The van der Waals surface area contributed by atoms with Crippen molar-refractivity contribution in [3.05, 3.63) is 57.4 Å². The van der Waals surface area contributed by atoms with E-state index >= 15 is 0 Å². The van der Waals surface area contributed by atoms with Crippen LogP contribution in [0.25, 0.3) is 0 Å². The second-order valence-corrected chi connectivity index (χ2v) is 4.41. The fourth-order valence-corrected chi connectivity index (χ4v) is 1.32. The zero-order valence-corrected chi connectivity index (χ0v) is 10.9. The van der Waals surface area contributed by atoms with Crippen LogP contribution < -0.4 is 0 Å². The minimum atomic E-state index is 0.780. The lowest BCUT2D eigenvalue weighted by atomic mass is 10.2. The van der Waals surface area contributed by atoms with Crippen molar-refractivity contribution >= 4 is 31.9 Å². The van der Waals surface area contributed by atoms with E-state index in [1.54, 1.807) is 6.26 Å². The smallest absolute Gasteiger partial charge is 0.168 e. The quantitative estimate of drug-likeness (QED) is 0.680. The van der Waals surface area contributed by atoms with Gasteiger partial charge in [-0.3, -0.25) is 0 Å². The SMILES string of the molecule is Brc1ccco1.Cc1ccc(Br)cc1. The fraction of sp³-hybridized carbons (Fsp3) is 0.0909. The van der Waals surface area contributed by atoms with Crippen LogP contribution in [0, 0.1) is 6.92 Å². The molecule has 0 amide bonds. The van der Waals surface area contributed by atoms with Crippen molar-refractivity contribution in [1.29, 1.82) is 0 Å². The summed E-state index contributed by atoms with van der Waals surface area (Å²) in [5.41, 5.74) is 1.30. The summed E-state index contributed by atoms with van der Waals surface area (Å²) in [5.74, 6) is 0. The van der Waals surface area contributed by atoms with Crippen LogP contribution in [0.2, 0.25) is 0 Å². The molecule has 1 aromatic heterocycles. The minimum absolute atomic E-state index is 0.780. The normalized spacial score (nSPS) is 9.07. The number of benzene rings is 1. The molecule has 1 heterocycles. The monoisotopic (exact) mass is 316 g/mol. The zero-order chi connectivity index (χ0) is 10.4. The summed E-state index contributed by atoms with van der Waals surface area (Å²) >= 11 is 6.46. The summed E-state index contributed by atoms with van der Waals surface area (Å²) in [5, 5.41) is 0. The van der Waals surface area contributed by atoms with Gasteiger partial charge in [-0.1, -0.05) is 33.6 Å². The van der Waals surface area contributed by atoms with Gasteiger partial charge in [-0.2, -0.15) is 0 Å². The molecule has 2 rings (SSSR count). The number of furan rings is 1. The van der Waals surface area contributed by atoms with Crippen molar-refractivity contribution in [2.75, 3.05) is 0 Å². The Hall–Kier alpha value is -0.540. The van der Waals surface area contributed by atoms with Crippen molar-refractivity contribution in [3.63, 3.8) is 0 Å². The molecule has 0 fully saturated rings. The first-order valence-electron chi connectivity index (χ1n) is 4.09. The number of hydrogen-bond donors (Lipinski definition) is 0. The van der Waals surface area contributed by atoms with E-state index in [2.05, 4.69) is 50.9 Å². The average molecular weight is 318 g/mol. The first-order chi connectivity index (χ1) is 6.68. The lowest BCUT2D eigenvalue weighted by Crippen LogP contribution is -1.66. The van der Waals surface area contributed by atoms with Crippen molar-refractivity contribution < 1.29 is 4.42 Å². The number of rotatable bonds is 0. The molecule has 74 valence electrons. The van der Waals surface area contributed by atoms with E-state index in [-0.39, 0.29) is 0 Å². The van der Waals surface area contributed by atoms with E-state index in [1.807, 2.05) is 24.3 Å². The van der Waals surface area contributed by atoms with Crippen LogP contribution in [-0.4, -0.2) is 0 Å². The van der Waals surface area contributed by atoms with E-state index in [0.717, 1.165) is 9.14 Å². The molecule has 0 N–H and O–H groups in total. The van der Waals surface area contributed by atoms with Gasteiger partial charge in [0.05, 0.1) is 6.26 Å². The van der Waals surface area contributed by atoms with E-state index in [0.29, 0.717) is 0 Å². The van der Waals surface area contributed by atoms with Gasteiger partial charge < -0.3 is 4.42 Å². The van der Waals surface area contributed by atoms with Crippen molar-refractivity contribution in [2.24, 2.45) is 0 Å². The third-order valence-electron chi connectivity index (χ3n) is 1.50. The Morgan fingerprint density at radius 1 is 1.00 bits per heavy atom. The minimum Gasteiger partial charge on any atom is -0.458 e. The molecule has 1 nitrogen and oxygen atoms in total. The van der Waals surface area contributed by atoms with Gasteiger partial charge in [0, 0.05) is 4.47 Å². The molecule has 3 heteroatoms. The van der Waals surface area contributed by atoms with E-state index in [4.69, 9.17) is 4.42 Å². The van der Waals surface area contributed by atoms with Crippen LogP contribution in [0.3, 0.4) is 0 Å². The number of aryl methyl sites for hydroxylation is 1. The molecular formula is C11H10Br2O. The lowest BCUT2D eigenvalue weighted by Gasteiger charge is -1.88. The van der Waals surface area contributed by atoms with Crippen LogP contribution in [0.15, 0.2) is 56.2 Å². The molecule has 0 atom stereocenters. The molecule has 0 bridgehead atoms. The second kappa shape index (κ2) is 6.04. The van der Waals surface area contributed by atoms with Gasteiger partial charge in [-0.05, 0) is 47.1 Å². The highest BCUT2D eigenvalue weighted by Crippen LogP contribution is 2.08. The Balaban J connectivity index is 0.000000146. The maximum atomic E-state index is 4.75. The average Bonchev–Trinajstić information content (AvgIpc) is 2.63. The third-order valence-corrected chi connectivity index (χ3v) is 2.48. The molecular weight excluding hydrogens is 308 g/mol. The van der Waals surface area contributed by atoms with E-state index in [9.17, 15) is 0 Å². The van der Waals surface area contributed by atoms with Gasteiger partial charge in [-0.25, -0.2) is 0 Å². The van der Waals surface area contributed by atoms with Crippen molar-refractivity contribution in [2.45, 2.75) is 6.92 Å². The first kappa shape index (κ1) is 11.5. The lowest BCUT2D eigenvalue weighted by molar-refractivity contribution is 0.541. The Kier molecular flexibility index (Phi) is 4.98. The number of hydrogen-bond acceptors (Lipinski definition) is 1. The van der Waals surface area contributed by atoms with Crippen LogP contribution in [0.5, 0.6) is 0 Å². The highest BCUT2D eigenvalue weighted by Gasteiger charge is 1.81. The molecule has 0 spiro atoms. The molecule has 0 radical (unpaired) electrons. The predicted octanol–water partition coefficient (Wildman–Crippen LogP) is 4.80. The Bertz CT molecular complexity index is 330.